The minimum atomic E-state index is -3.90. The summed E-state index contributed by atoms with van der Waals surface area (Å²) in [5, 5.41) is 53.5. The maximum absolute atomic E-state index is 13.0. The second-order valence-electron chi connectivity index (χ2n) is 13.1. The van der Waals surface area contributed by atoms with E-state index in [0.717, 1.165) is 18.1 Å². The van der Waals surface area contributed by atoms with Crippen LogP contribution < -0.4 is 0 Å². The van der Waals surface area contributed by atoms with Crippen LogP contribution in [-0.2, 0) is 49.3 Å². The first-order valence-corrected chi connectivity index (χ1v) is 16.1. The zero-order chi connectivity index (χ0) is 36.9. The third-order valence-electron chi connectivity index (χ3n) is 9.29. The van der Waals surface area contributed by atoms with Crippen LogP contribution in [0.4, 0.5) is 0 Å². The molecule has 0 aliphatic carbocycles. The fourth-order valence-electron chi connectivity index (χ4n) is 6.58. The molecule has 0 amide bonds. The minimum absolute atomic E-state index is 0.123. The molecule has 270 valence electrons. The number of aliphatic hydroxyl groups is 2. The number of rotatable bonds is 17. The van der Waals surface area contributed by atoms with Gasteiger partial charge in [0.25, 0.3) is 0 Å². The summed E-state index contributed by atoms with van der Waals surface area (Å²) in [4.78, 5) is 63.0. The normalized spacial score (nSPS) is 30.1. The van der Waals surface area contributed by atoms with E-state index < -0.39 is 77.7 Å². The lowest BCUT2D eigenvalue weighted by molar-refractivity contribution is -0.374. The Bertz CT molecular complexity index is 1440. The molecule has 2 fully saturated rings. The Balaban J connectivity index is 2.02. The molecule has 14 heteroatoms. The van der Waals surface area contributed by atoms with Gasteiger partial charge in [-0.1, -0.05) is 77.1 Å². The van der Waals surface area contributed by atoms with Gasteiger partial charge in [0.15, 0.2) is 6.10 Å². The van der Waals surface area contributed by atoms with Crippen molar-refractivity contribution in [2.45, 2.75) is 108 Å². The standard InChI is InChI=1S/C35H46O14/c1-7-19(2)17-20(3)13-14-25(37)47-28-27(38)33(48-29(30(39)40)34(45,31(41)42)35(28,49-33)32(43)44)16-15-21(4)26(46-23(6)36)22(5)18-24-11-9-8-10-12-24/h8-14,19-20,22,26-29,38,45H,4,7,15-18H2,1-3,5-6H3,(H,39,40)(H,41,42)(H,43,44)/b14-13+/t19?,20?,22?,26?,27-,28?,29?,33+,34?,35-/m1/s1. The summed E-state index contributed by atoms with van der Waals surface area (Å²) in [5.74, 6) is -11.3. The van der Waals surface area contributed by atoms with Gasteiger partial charge in [-0.2, -0.15) is 0 Å². The molecule has 2 saturated heterocycles. The average Bonchev–Trinajstić information content (AvgIpc) is 3.25. The lowest BCUT2D eigenvalue weighted by Crippen LogP contribution is -2.78. The molecular formula is C35H46O14. The van der Waals surface area contributed by atoms with Gasteiger partial charge < -0.3 is 44.5 Å². The zero-order valence-corrected chi connectivity index (χ0v) is 28.2. The van der Waals surface area contributed by atoms with Crippen LogP contribution in [-0.4, -0.2) is 96.8 Å². The summed E-state index contributed by atoms with van der Waals surface area (Å²) < 4.78 is 22.0. The Morgan fingerprint density at radius 3 is 2.20 bits per heavy atom. The lowest BCUT2D eigenvalue weighted by Gasteiger charge is -2.48. The van der Waals surface area contributed by atoms with E-state index >= 15 is 0 Å². The molecule has 1 aromatic carbocycles. The van der Waals surface area contributed by atoms with Crippen molar-refractivity contribution in [3.8, 4) is 0 Å². The SMILES string of the molecule is C=C(CC[C@]12OC(C(=O)O)C(O)(C(=O)O)[C@@](C(=O)O)(O1)C(OC(=O)/C=C/C(C)CC(C)CC)[C@H]2O)C(OC(C)=O)C(C)Cc1ccccc1. The van der Waals surface area contributed by atoms with Crippen molar-refractivity contribution in [2.75, 3.05) is 0 Å². The number of carbonyl (C=O) groups is 5. The van der Waals surface area contributed by atoms with E-state index in [0.29, 0.717) is 18.8 Å². The number of aliphatic hydroxyl groups excluding tert-OH is 1. The molecule has 0 aromatic heterocycles. The Kier molecular flexibility index (Phi) is 12.5. The number of carboxylic acids is 3. The first-order valence-electron chi connectivity index (χ1n) is 16.1. The highest BCUT2D eigenvalue weighted by Crippen LogP contribution is 2.56. The number of esters is 2. The Labute approximate surface area is 284 Å². The molecule has 10 atom stereocenters. The third kappa shape index (κ3) is 7.88. The highest BCUT2D eigenvalue weighted by molar-refractivity contribution is 5.98. The Morgan fingerprint density at radius 1 is 1.04 bits per heavy atom. The molecular weight excluding hydrogens is 644 g/mol. The van der Waals surface area contributed by atoms with Crippen molar-refractivity contribution in [2.24, 2.45) is 17.8 Å². The quantitative estimate of drug-likeness (QED) is 0.0901. The maximum Gasteiger partial charge on any atom is 0.344 e. The highest BCUT2D eigenvalue weighted by atomic mass is 16.8. The molecule has 0 spiro atoms. The van der Waals surface area contributed by atoms with Crippen molar-refractivity contribution >= 4 is 29.8 Å². The molecule has 2 heterocycles. The lowest BCUT2D eigenvalue weighted by atomic mass is 9.74. The monoisotopic (exact) mass is 690 g/mol. The van der Waals surface area contributed by atoms with Gasteiger partial charge in [0.1, 0.15) is 12.2 Å². The van der Waals surface area contributed by atoms with Crippen LogP contribution in [0, 0.1) is 17.8 Å². The van der Waals surface area contributed by atoms with Crippen molar-refractivity contribution in [1.29, 1.82) is 0 Å². The molecule has 0 radical (unpaired) electrons. The van der Waals surface area contributed by atoms with E-state index in [-0.39, 0.29) is 23.8 Å². The van der Waals surface area contributed by atoms with Crippen molar-refractivity contribution in [1.82, 2.24) is 0 Å². The molecule has 0 saturated carbocycles. The molecule has 3 rings (SSSR count). The predicted molar refractivity (Wildman–Crippen MR) is 171 cm³/mol. The van der Waals surface area contributed by atoms with Gasteiger partial charge in [-0.3, -0.25) is 4.79 Å². The number of carboxylic acid groups (broad SMARTS) is 3. The molecule has 1 aromatic rings. The van der Waals surface area contributed by atoms with E-state index in [2.05, 4.69) is 6.58 Å². The molecule has 2 bridgehead atoms. The summed E-state index contributed by atoms with van der Waals surface area (Å²) in [5.41, 5.74) is -6.27. The summed E-state index contributed by atoms with van der Waals surface area (Å²) in [7, 11) is 0. The summed E-state index contributed by atoms with van der Waals surface area (Å²) >= 11 is 0. The largest absolute Gasteiger partial charge is 0.479 e. The predicted octanol–water partition coefficient (Wildman–Crippen LogP) is 2.88. The third-order valence-corrected chi connectivity index (χ3v) is 9.29. The van der Waals surface area contributed by atoms with Crippen LogP contribution in [0.1, 0.15) is 65.9 Å². The summed E-state index contributed by atoms with van der Waals surface area (Å²) in [6, 6.07) is 9.29. The van der Waals surface area contributed by atoms with Gasteiger partial charge in [0, 0.05) is 25.3 Å². The van der Waals surface area contributed by atoms with Crippen LogP contribution in [0.15, 0.2) is 54.6 Å². The fourth-order valence-corrected chi connectivity index (χ4v) is 6.58. The van der Waals surface area contributed by atoms with Gasteiger partial charge in [-0.05, 0) is 42.2 Å². The van der Waals surface area contributed by atoms with E-state index in [4.69, 9.17) is 18.9 Å². The summed E-state index contributed by atoms with van der Waals surface area (Å²) in [6.45, 7) is 12.9. The molecule has 5 N–H and O–H groups in total. The fraction of sp³-hybridized carbons (Fsp3) is 0.571. The van der Waals surface area contributed by atoms with E-state index in [1.165, 1.54) is 13.0 Å². The van der Waals surface area contributed by atoms with Crippen LogP contribution in [0.25, 0.3) is 0 Å². The number of allylic oxidation sites excluding steroid dienone is 1. The number of aliphatic carboxylic acids is 3. The smallest absolute Gasteiger partial charge is 0.344 e. The number of ether oxygens (including phenoxy) is 4. The van der Waals surface area contributed by atoms with Crippen molar-refractivity contribution < 1.29 is 68.5 Å². The molecule has 2 aliphatic rings. The van der Waals surface area contributed by atoms with Gasteiger partial charge in [0.05, 0.1) is 0 Å². The first kappa shape index (κ1) is 39.3. The molecule has 14 nitrogen and oxygen atoms in total. The molecule has 49 heavy (non-hydrogen) atoms. The highest BCUT2D eigenvalue weighted by Gasteiger charge is 2.85. The van der Waals surface area contributed by atoms with Crippen molar-refractivity contribution in [3.05, 3.63) is 60.2 Å². The van der Waals surface area contributed by atoms with E-state index in [1.807, 2.05) is 51.1 Å². The maximum atomic E-state index is 13.0. The number of hydrogen-bond donors (Lipinski definition) is 5. The van der Waals surface area contributed by atoms with Gasteiger partial charge in [-0.15, -0.1) is 0 Å². The molecule has 7 unspecified atom stereocenters. The van der Waals surface area contributed by atoms with Crippen molar-refractivity contribution in [3.63, 3.8) is 0 Å². The Morgan fingerprint density at radius 2 is 1.67 bits per heavy atom. The van der Waals surface area contributed by atoms with Crippen LogP contribution in [0.5, 0.6) is 0 Å². The minimum Gasteiger partial charge on any atom is -0.479 e. The van der Waals surface area contributed by atoms with Crippen LogP contribution in [0.2, 0.25) is 0 Å². The zero-order valence-electron chi connectivity index (χ0n) is 28.2. The number of fused-ring (bicyclic) bond motifs is 2. The second-order valence-corrected chi connectivity index (χ2v) is 13.1. The van der Waals surface area contributed by atoms with E-state index in [9.17, 15) is 49.5 Å². The van der Waals surface area contributed by atoms with Crippen LogP contribution in [0.3, 0.4) is 0 Å². The summed E-state index contributed by atoms with van der Waals surface area (Å²) in [6.07, 6.45) is -4.83. The van der Waals surface area contributed by atoms with Gasteiger partial charge in [0.2, 0.25) is 23.1 Å². The number of hydrogen-bond acceptors (Lipinski definition) is 11. The average molecular weight is 691 g/mol. The number of carbonyl (C=O) groups excluding carboxylic acids is 2. The van der Waals surface area contributed by atoms with Crippen LogP contribution >= 0.6 is 0 Å². The second kappa shape index (κ2) is 15.6. The van der Waals surface area contributed by atoms with Gasteiger partial charge in [-0.25, -0.2) is 19.2 Å². The van der Waals surface area contributed by atoms with Gasteiger partial charge >= 0.3 is 29.8 Å². The topological polar surface area (TPSA) is 223 Å². The Hall–Kier alpha value is -4.11. The first-order chi connectivity index (χ1) is 22.9. The van der Waals surface area contributed by atoms with E-state index in [1.54, 1.807) is 6.92 Å². The number of benzene rings is 1. The molecule has 2 aliphatic heterocycles.